The Morgan fingerprint density at radius 2 is 1.77 bits per heavy atom. The van der Waals surface area contributed by atoms with Crippen molar-refractivity contribution >= 4 is 35.2 Å². The Morgan fingerprint density at radius 3 is 2.46 bits per heavy atom. The summed E-state index contributed by atoms with van der Waals surface area (Å²) >= 11 is 5.95. The van der Waals surface area contributed by atoms with Gasteiger partial charge in [-0.2, -0.15) is 0 Å². The highest BCUT2D eigenvalue weighted by Gasteiger charge is 2.41. The number of fused-ring (bicyclic) bond motifs is 1. The number of morpholine rings is 1. The van der Waals surface area contributed by atoms with Crippen molar-refractivity contribution < 1.29 is 19.1 Å². The molecule has 0 bridgehead atoms. The van der Waals surface area contributed by atoms with E-state index < -0.39 is 0 Å². The molecule has 1 saturated carbocycles. The van der Waals surface area contributed by atoms with E-state index >= 15 is 0 Å². The standard InChI is InChI=1S/C27H30ClN3O4/c1-34-22-9-7-21(8-10-22)30-12-14-31(15-13-30)27(33)19-4-11-24-23(17-19)29-26(32)25(35-24)16-18-2-5-20(28)6-3-18/h2-3,5-10,16,19,23-24H,4,11-15,17H2,1H3,(H,29,32)/b25-16-. The minimum Gasteiger partial charge on any atom is -0.497 e. The third-order valence-electron chi connectivity index (χ3n) is 7.15. The number of nitrogens with one attached hydrogen (secondary N) is 1. The molecule has 8 heteroatoms. The van der Waals surface area contributed by atoms with E-state index in [9.17, 15) is 9.59 Å². The molecule has 35 heavy (non-hydrogen) atoms. The number of amides is 2. The molecular formula is C27H30ClN3O4. The summed E-state index contributed by atoms with van der Waals surface area (Å²) in [5.41, 5.74) is 2.00. The van der Waals surface area contributed by atoms with E-state index in [2.05, 4.69) is 22.3 Å². The average molecular weight is 496 g/mol. The van der Waals surface area contributed by atoms with Crippen molar-refractivity contribution in [2.24, 2.45) is 5.92 Å². The fraction of sp³-hybridized carbons (Fsp3) is 0.407. The molecule has 2 amide bonds. The van der Waals surface area contributed by atoms with E-state index in [4.69, 9.17) is 21.1 Å². The van der Waals surface area contributed by atoms with Crippen LogP contribution in [0.1, 0.15) is 24.8 Å². The smallest absolute Gasteiger partial charge is 0.286 e. The molecule has 184 valence electrons. The number of halogens is 1. The summed E-state index contributed by atoms with van der Waals surface area (Å²) in [6, 6.07) is 15.1. The number of hydrogen-bond donors (Lipinski definition) is 1. The van der Waals surface area contributed by atoms with Crippen molar-refractivity contribution in [3.63, 3.8) is 0 Å². The summed E-state index contributed by atoms with van der Waals surface area (Å²) in [5, 5.41) is 3.72. The molecule has 0 spiro atoms. The molecule has 2 heterocycles. The number of hydrogen-bond acceptors (Lipinski definition) is 5. The first-order valence-corrected chi connectivity index (χ1v) is 12.5. The van der Waals surface area contributed by atoms with Gasteiger partial charge < -0.3 is 24.6 Å². The fourth-order valence-electron chi connectivity index (χ4n) is 5.16. The van der Waals surface area contributed by atoms with Gasteiger partial charge in [0.05, 0.1) is 13.2 Å². The van der Waals surface area contributed by atoms with E-state index in [0.717, 1.165) is 42.9 Å². The number of rotatable bonds is 4. The summed E-state index contributed by atoms with van der Waals surface area (Å²) in [6.07, 6.45) is 3.75. The van der Waals surface area contributed by atoms with Gasteiger partial charge >= 0.3 is 0 Å². The number of piperazine rings is 1. The SMILES string of the molecule is COc1ccc(N2CCN(C(=O)C3CCC4O/C(=C\c5ccc(Cl)cc5)C(=O)NC4C3)CC2)cc1. The first kappa shape index (κ1) is 23.5. The maximum absolute atomic E-state index is 13.3. The van der Waals surface area contributed by atoms with Gasteiger partial charge in [-0.25, -0.2) is 0 Å². The van der Waals surface area contributed by atoms with Gasteiger partial charge in [0.1, 0.15) is 11.9 Å². The van der Waals surface area contributed by atoms with Crippen LogP contribution in [0, 0.1) is 5.92 Å². The second-order valence-corrected chi connectivity index (χ2v) is 9.75. The number of carbonyl (C=O) groups excluding carboxylic acids is 2. The van der Waals surface area contributed by atoms with Crippen LogP contribution in [-0.2, 0) is 14.3 Å². The summed E-state index contributed by atoms with van der Waals surface area (Å²) < 4.78 is 11.3. The van der Waals surface area contributed by atoms with Crippen LogP contribution in [0.4, 0.5) is 5.69 Å². The topological polar surface area (TPSA) is 71.1 Å². The number of carbonyl (C=O) groups is 2. The third-order valence-corrected chi connectivity index (χ3v) is 7.40. The van der Waals surface area contributed by atoms with Crippen LogP contribution < -0.4 is 15.0 Å². The largest absolute Gasteiger partial charge is 0.497 e. The summed E-state index contributed by atoms with van der Waals surface area (Å²) in [5.74, 6) is 1.02. The van der Waals surface area contributed by atoms with Crippen molar-refractivity contribution in [2.75, 3.05) is 38.2 Å². The highest BCUT2D eigenvalue weighted by Crippen LogP contribution is 2.33. The second kappa shape index (κ2) is 10.2. The molecule has 7 nitrogen and oxygen atoms in total. The molecule has 2 aliphatic heterocycles. The van der Waals surface area contributed by atoms with Gasteiger partial charge in [0.25, 0.3) is 5.91 Å². The molecule has 0 aromatic heterocycles. The zero-order chi connectivity index (χ0) is 24.4. The van der Waals surface area contributed by atoms with Crippen LogP contribution in [0.25, 0.3) is 6.08 Å². The fourth-order valence-corrected chi connectivity index (χ4v) is 5.29. The van der Waals surface area contributed by atoms with Crippen molar-refractivity contribution in [1.29, 1.82) is 0 Å². The van der Waals surface area contributed by atoms with E-state index in [-0.39, 0.29) is 29.9 Å². The van der Waals surface area contributed by atoms with Crippen molar-refractivity contribution in [3.05, 3.63) is 64.9 Å². The number of ether oxygens (including phenoxy) is 2. The van der Waals surface area contributed by atoms with Crippen molar-refractivity contribution in [2.45, 2.75) is 31.4 Å². The molecule has 3 atom stereocenters. The van der Waals surface area contributed by atoms with Crippen molar-refractivity contribution in [1.82, 2.24) is 10.2 Å². The van der Waals surface area contributed by atoms with E-state index in [1.165, 1.54) is 0 Å². The minimum atomic E-state index is -0.234. The van der Waals surface area contributed by atoms with Crippen LogP contribution >= 0.6 is 11.6 Å². The van der Waals surface area contributed by atoms with Gasteiger partial charge in [-0.05, 0) is 67.3 Å². The number of anilines is 1. The van der Waals surface area contributed by atoms with Gasteiger partial charge in [0, 0.05) is 42.8 Å². The molecular weight excluding hydrogens is 466 g/mol. The normalized spacial score (nSPS) is 25.5. The van der Waals surface area contributed by atoms with E-state index in [1.807, 2.05) is 29.2 Å². The molecule has 2 aromatic carbocycles. The van der Waals surface area contributed by atoms with Gasteiger partial charge in [-0.1, -0.05) is 23.7 Å². The molecule has 5 rings (SSSR count). The van der Waals surface area contributed by atoms with Crippen LogP contribution in [0.3, 0.4) is 0 Å². The van der Waals surface area contributed by atoms with Gasteiger partial charge in [0.15, 0.2) is 5.76 Å². The van der Waals surface area contributed by atoms with Crippen molar-refractivity contribution in [3.8, 4) is 5.75 Å². The van der Waals surface area contributed by atoms with E-state index in [1.54, 1.807) is 25.3 Å². The quantitative estimate of drug-likeness (QED) is 0.654. The van der Waals surface area contributed by atoms with Gasteiger partial charge in [-0.15, -0.1) is 0 Å². The number of nitrogens with zero attached hydrogens (tertiary/aromatic N) is 2. The zero-order valence-corrected chi connectivity index (χ0v) is 20.5. The molecule has 2 aromatic rings. The van der Waals surface area contributed by atoms with Gasteiger partial charge in [0.2, 0.25) is 5.91 Å². The second-order valence-electron chi connectivity index (χ2n) is 9.32. The van der Waals surface area contributed by atoms with Gasteiger partial charge in [-0.3, -0.25) is 9.59 Å². The number of methoxy groups -OCH3 is 1. The van der Waals surface area contributed by atoms with Crippen LogP contribution in [-0.4, -0.2) is 62.1 Å². The lowest BCUT2D eigenvalue weighted by Crippen LogP contribution is -2.56. The first-order chi connectivity index (χ1) is 17.0. The Hall–Kier alpha value is -3.19. The van der Waals surface area contributed by atoms with Crippen LogP contribution in [0.2, 0.25) is 5.02 Å². The molecule has 3 unspecified atom stereocenters. The Morgan fingerprint density at radius 1 is 1.06 bits per heavy atom. The maximum Gasteiger partial charge on any atom is 0.286 e. The summed E-state index contributed by atoms with van der Waals surface area (Å²) in [7, 11) is 1.66. The predicted molar refractivity (Wildman–Crippen MR) is 135 cm³/mol. The van der Waals surface area contributed by atoms with Crippen LogP contribution in [0.15, 0.2) is 54.3 Å². The Balaban J connectivity index is 1.15. The minimum absolute atomic E-state index is 0.0884. The number of benzene rings is 2. The lowest BCUT2D eigenvalue weighted by molar-refractivity contribution is -0.141. The van der Waals surface area contributed by atoms with E-state index in [0.29, 0.717) is 30.3 Å². The monoisotopic (exact) mass is 495 g/mol. The lowest BCUT2D eigenvalue weighted by Gasteiger charge is -2.42. The molecule has 3 fully saturated rings. The third kappa shape index (κ3) is 5.25. The molecule has 1 N–H and O–H groups in total. The summed E-state index contributed by atoms with van der Waals surface area (Å²) in [4.78, 5) is 30.2. The first-order valence-electron chi connectivity index (χ1n) is 12.1. The Bertz CT molecular complexity index is 1090. The highest BCUT2D eigenvalue weighted by atomic mass is 35.5. The molecule has 2 saturated heterocycles. The lowest BCUT2D eigenvalue weighted by atomic mass is 9.82. The maximum atomic E-state index is 13.3. The predicted octanol–water partition coefficient (Wildman–Crippen LogP) is 3.72. The van der Waals surface area contributed by atoms with Crippen LogP contribution in [0.5, 0.6) is 5.75 Å². The molecule has 0 radical (unpaired) electrons. The molecule has 1 aliphatic carbocycles. The summed E-state index contributed by atoms with van der Waals surface area (Å²) in [6.45, 7) is 3.00. The average Bonchev–Trinajstić information content (AvgIpc) is 2.90. The zero-order valence-electron chi connectivity index (χ0n) is 19.8. The Labute approximate surface area is 210 Å². The molecule has 3 aliphatic rings. The Kier molecular flexibility index (Phi) is 6.86. The highest BCUT2D eigenvalue weighted by molar-refractivity contribution is 6.30.